The van der Waals surface area contributed by atoms with Gasteiger partial charge in [-0.1, -0.05) is 30.3 Å². The first-order chi connectivity index (χ1) is 9.54. The summed E-state index contributed by atoms with van der Waals surface area (Å²) in [6.45, 7) is 0. The van der Waals surface area contributed by atoms with Gasteiger partial charge in [-0.3, -0.25) is 0 Å². The number of sulfone groups is 1. The third-order valence-corrected chi connectivity index (χ3v) is 4.30. The maximum absolute atomic E-state index is 12.8. The summed E-state index contributed by atoms with van der Waals surface area (Å²) in [5.74, 6) is -0.424. The Morgan fingerprint density at radius 3 is 2.20 bits per heavy atom. The molecular formula is C15H10FNO2S. The summed E-state index contributed by atoms with van der Waals surface area (Å²) >= 11 is 0. The van der Waals surface area contributed by atoms with E-state index in [2.05, 4.69) is 0 Å². The van der Waals surface area contributed by atoms with Crippen molar-refractivity contribution in [3.63, 3.8) is 0 Å². The Morgan fingerprint density at radius 2 is 1.65 bits per heavy atom. The molecule has 100 valence electrons. The lowest BCUT2D eigenvalue weighted by atomic mass is 10.2. The smallest absolute Gasteiger partial charge is 0.216 e. The van der Waals surface area contributed by atoms with Crippen molar-refractivity contribution in [2.45, 2.75) is 4.90 Å². The van der Waals surface area contributed by atoms with Crippen LogP contribution in [0.15, 0.2) is 64.4 Å². The molecule has 0 bridgehead atoms. The van der Waals surface area contributed by atoms with Gasteiger partial charge in [0.05, 0.1) is 4.90 Å². The minimum Gasteiger partial charge on any atom is -0.218 e. The summed E-state index contributed by atoms with van der Waals surface area (Å²) in [6.07, 6.45) is 1.22. The highest BCUT2D eigenvalue weighted by molar-refractivity contribution is 7.95. The van der Waals surface area contributed by atoms with Crippen molar-refractivity contribution >= 4 is 15.9 Å². The third kappa shape index (κ3) is 2.92. The molecule has 0 fully saturated rings. The predicted molar refractivity (Wildman–Crippen MR) is 73.6 cm³/mol. The average molecular weight is 287 g/mol. The van der Waals surface area contributed by atoms with Crippen LogP contribution in [-0.2, 0) is 9.84 Å². The first-order valence-corrected chi connectivity index (χ1v) is 7.20. The highest BCUT2D eigenvalue weighted by Crippen LogP contribution is 2.20. The zero-order valence-corrected chi connectivity index (χ0v) is 11.1. The topological polar surface area (TPSA) is 57.9 Å². The van der Waals surface area contributed by atoms with E-state index in [0.717, 1.165) is 0 Å². The van der Waals surface area contributed by atoms with Gasteiger partial charge >= 0.3 is 0 Å². The maximum atomic E-state index is 12.8. The number of halogens is 1. The fourth-order valence-corrected chi connectivity index (χ4v) is 2.79. The SMILES string of the molecule is N#C/C(=C\c1ccc(F)cc1)S(=O)(=O)c1ccccc1. The fourth-order valence-electron chi connectivity index (χ4n) is 1.61. The van der Waals surface area contributed by atoms with Crippen molar-refractivity contribution in [2.24, 2.45) is 0 Å². The molecule has 2 aromatic rings. The Morgan fingerprint density at radius 1 is 1.05 bits per heavy atom. The van der Waals surface area contributed by atoms with Gasteiger partial charge in [0.1, 0.15) is 16.8 Å². The van der Waals surface area contributed by atoms with Crippen molar-refractivity contribution in [3.05, 3.63) is 70.9 Å². The molecule has 0 N–H and O–H groups in total. The standard InChI is InChI=1S/C15H10FNO2S/c16-13-8-6-12(7-9-13)10-15(11-17)20(18,19)14-4-2-1-3-5-14/h1-10H/b15-10+. The Labute approximate surface area is 116 Å². The van der Waals surface area contributed by atoms with Gasteiger partial charge in [0, 0.05) is 0 Å². The predicted octanol–water partition coefficient (Wildman–Crippen LogP) is 3.16. The maximum Gasteiger partial charge on any atom is 0.216 e. The van der Waals surface area contributed by atoms with Crippen molar-refractivity contribution in [3.8, 4) is 6.07 Å². The largest absolute Gasteiger partial charge is 0.218 e. The summed E-state index contributed by atoms with van der Waals surface area (Å²) in [5, 5.41) is 9.07. The van der Waals surface area contributed by atoms with Crippen LogP contribution in [0.2, 0.25) is 0 Å². The van der Waals surface area contributed by atoms with Gasteiger partial charge in [-0.25, -0.2) is 12.8 Å². The molecule has 0 heterocycles. The Bertz CT molecular complexity index is 773. The summed E-state index contributed by atoms with van der Waals surface area (Å²) in [4.78, 5) is -0.329. The first kappa shape index (κ1) is 14.0. The molecule has 0 unspecified atom stereocenters. The monoisotopic (exact) mass is 287 g/mol. The lowest BCUT2D eigenvalue weighted by molar-refractivity contribution is 0.603. The molecule has 3 nitrogen and oxygen atoms in total. The van der Waals surface area contributed by atoms with E-state index in [4.69, 9.17) is 5.26 Å². The second-order valence-corrected chi connectivity index (χ2v) is 5.91. The average Bonchev–Trinajstić information content (AvgIpc) is 2.47. The molecule has 0 aliphatic heterocycles. The van der Waals surface area contributed by atoms with Crippen LogP contribution < -0.4 is 0 Å². The molecule has 0 aliphatic rings. The Balaban J connectivity index is 2.48. The fraction of sp³-hybridized carbons (Fsp3) is 0. The van der Waals surface area contributed by atoms with Gasteiger partial charge in [0.25, 0.3) is 0 Å². The van der Waals surface area contributed by atoms with Crippen LogP contribution in [0.25, 0.3) is 6.08 Å². The van der Waals surface area contributed by atoms with Crippen LogP contribution in [0, 0.1) is 17.1 Å². The van der Waals surface area contributed by atoms with Gasteiger partial charge < -0.3 is 0 Å². The zero-order valence-electron chi connectivity index (χ0n) is 10.3. The van der Waals surface area contributed by atoms with E-state index in [-0.39, 0.29) is 9.80 Å². The number of allylic oxidation sites excluding steroid dienone is 1. The van der Waals surface area contributed by atoms with Crippen LogP contribution in [0.1, 0.15) is 5.56 Å². The second kappa shape index (κ2) is 5.68. The number of nitriles is 1. The lowest BCUT2D eigenvalue weighted by Crippen LogP contribution is -2.03. The summed E-state index contributed by atoms with van der Waals surface area (Å²) < 4.78 is 37.3. The lowest BCUT2D eigenvalue weighted by Gasteiger charge is -2.02. The summed E-state index contributed by atoms with van der Waals surface area (Å²) in [5.41, 5.74) is 0.447. The van der Waals surface area contributed by atoms with Crippen molar-refractivity contribution in [2.75, 3.05) is 0 Å². The molecule has 5 heteroatoms. The highest BCUT2D eigenvalue weighted by Gasteiger charge is 2.20. The summed E-state index contributed by atoms with van der Waals surface area (Å²) in [7, 11) is -3.85. The van der Waals surface area contributed by atoms with E-state index in [1.807, 2.05) is 0 Å². The molecule has 0 saturated carbocycles. The van der Waals surface area contributed by atoms with Crippen molar-refractivity contribution in [1.29, 1.82) is 5.26 Å². The van der Waals surface area contributed by atoms with E-state index in [1.165, 1.54) is 42.5 Å². The Hall–Kier alpha value is -2.45. The van der Waals surface area contributed by atoms with E-state index in [9.17, 15) is 12.8 Å². The van der Waals surface area contributed by atoms with Crippen LogP contribution >= 0.6 is 0 Å². The van der Waals surface area contributed by atoms with E-state index < -0.39 is 15.7 Å². The molecular weight excluding hydrogens is 277 g/mol. The highest BCUT2D eigenvalue weighted by atomic mass is 32.2. The molecule has 2 aromatic carbocycles. The third-order valence-electron chi connectivity index (χ3n) is 2.62. The molecule has 0 aromatic heterocycles. The van der Waals surface area contributed by atoms with Gasteiger partial charge in [-0.05, 0) is 35.9 Å². The molecule has 0 radical (unpaired) electrons. The van der Waals surface area contributed by atoms with Gasteiger partial charge in [0.15, 0.2) is 0 Å². The number of benzene rings is 2. The normalized spacial score (nSPS) is 11.9. The number of hydrogen-bond acceptors (Lipinski definition) is 3. The van der Waals surface area contributed by atoms with Crippen LogP contribution in [0.5, 0.6) is 0 Å². The van der Waals surface area contributed by atoms with Crippen LogP contribution in [0.3, 0.4) is 0 Å². The molecule has 0 aliphatic carbocycles. The van der Waals surface area contributed by atoms with Crippen LogP contribution in [0.4, 0.5) is 4.39 Å². The summed E-state index contributed by atoms with van der Waals surface area (Å²) in [6, 6.07) is 14.6. The molecule has 0 spiro atoms. The zero-order chi connectivity index (χ0) is 14.6. The number of nitrogens with zero attached hydrogens (tertiary/aromatic N) is 1. The molecule has 0 atom stereocenters. The molecule has 0 amide bonds. The van der Waals surface area contributed by atoms with Crippen molar-refractivity contribution < 1.29 is 12.8 Å². The van der Waals surface area contributed by atoms with E-state index in [1.54, 1.807) is 24.3 Å². The van der Waals surface area contributed by atoms with Crippen molar-refractivity contribution in [1.82, 2.24) is 0 Å². The van der Waals surface area contributed by atoms with Crippen LogP contribution in [-0.4, -0.2) is 8.42 Å². The quantitative estimate of drug-likeness (QED) is 0.815. The minimum absolute atomic E-state index is 0.0508. The minimum atomic E-state index is -3.85. The van der Waals surface area contributed by atoms with Gasteiger partial charge in [-0.2, -0.15) is 5.26 Å². The molecule has 20 heavy (non-hydrogen) atoms. The number of rotatable bonds is 3. The second-order valence-electron chi connectivity index (χ2n) is 3.99. The Kier molecular flexibility index (Phi) is 3.97. The molecule has 0 saturated heterocycles. The molecule has 2 rings (SSSR count). The first-order valence-electron chi connectivity index (χ1n) is 5.71. The van der Waals surface area contributed by atoms with Gasteiger partial charge in [0.2, 0.25) is 9.84 Å². The number of hydrogen-bond donors (Lipinski definition) is 0. The van der Waals surface area contributed by atoms with E-state index in [0.29, 0.717) is 5.56 Å². The van der Waals surface area contributed by atoms with Gasteiger partial charge in [-0.15, -0.1) is 0 Å². The van der Waals surface area contributed by atoms with E-state index >= 15 is 0 Å².